The van der Waals surface area contributed by atoms with Crippen molar-refractivity contribution in [2.75, 3.05) is 6.79 Å². The van der Waals surface area contributed by atoms with E-state index in [4.69, 9.17) is 9.47 Å². The van der Waals surface area contributed by atoms with Gasteiger partial charge >= 0.3 is 0 Å². The van der Waals surface area contributed by atoms with Gasteiger partial charge in [0.15, 0.2) is 17.3 Å². The van der Waals surface area contributed by atoms with Gasteiger partial charge in [-0.1, -0.05) is 19.1 Å². The van der Waals surface area contributed by atoms with Crippen molar-refractivity contribution >= 4 is 5.78 Å². The van der Waals surface area contributed by atoms with Gasteiger partial charge in [0.05, 0.1) is 6.10 Å². The molecule has 2 saturated carbocycles. The molecule has 2 N–H and O–H groups in total. The number of hydrogen-bond acceptors (Lipinski definition) is 5. The minimum atomic E-state index is -1.13. The van der Waals surface area contributed by atoms with E-state index in [-0.39, 0.29) is 30.8 Å². The lowest BCUT2D eigenvalue weighted by molar-refractivity contribution is -0.146. The third-order valence-corrected chi connectivity index (χ3v) is 6.32. The van der Waals surface area contributed by atoms with Crippen LogP contribution in [0.3, 0.4) is 0 Å². The third-order valence-electron chi connectivity index (χ3n) is 6.32. The van der Waals surface area contributed by atoms with E-state index in [0.717, 1.165) is 5.56 Å². The fourth-order valence-corrected chi connectivity index (χ4v) is 5.10. The van der Waals surface area contributed by atoms with Crippen molar-refractivity contribution in [3.05, 3.63) is 36.4 Å². The monoisotopic (exact) mass is 330 g/mol. The van der Waals surface area contributed by atoms with Gasteiger partial charge in [0, 0.05) is 17.8 Å². The third kappa shape index (κ3) is 1.91. The molecule has 0 amide bonds. The van der Waals surface area contributed by atoms with Crippen LogP contribution in [0, 0.1) is 17.3 Å². The minimum Gasteiger partial charge on any atom is -0.454 e. The van der Waals surface area contributed by atoms with Crippen LogP contribution in [0.5, 0.6) is 11.5 Å². The van der Waals surface area contributed by atoms with Crippen molar-refractivity contribution in [1.29, 1.82) is 0 Å². The predicted octanol–water partition coefficient (Wildman–Crippen LogP) is 2.02. The second-order valence-electron chi connectivity index (χ2n) is 7.26. The van der Waals surface area contributed by atoms with Gasteiger partial charge in [-0.15, -0.1) is 6.58 Å². The van der Waals surface area contributed by atoms with Crippen molar-refractivity contribution in [3.8, 4) is 11.5 Å². The fraction of sp³-hybridized carbons (Fsp3) is 0.526. The van der Waals surface area contributed by atoms with Crippen molar-refractivity contribution in [1.82, 2.24) is 0 Å². The second kappa shape index (κ2) is 5.33. The number of fused-ring (bicyclic) bond motifs is 3. The summed E-state index contributed by atoms with van der Waals surface area (Å²) in [5.74, 6) is 0.622. The molecule has 2 fully saturated rings. The Balaban J connectivity index is 1.80. The molecule has 24 heavy (non-hydrogen) atoms. The first-order valence-corrected chi connectivity index (χ1v) is 8.39. The maximum Gasteiger partial charge on any atom is 0.231 e. The summed E-state index contributed by atoms with van der Waals surface area (Å²) in [4.78, 5) is 12.4. The molecule has 1 aromatic carbocycles. The molecule has 0 spiro atoms. The molecule has 128 valence electrons. The van der Waals surface area contributed by atoms with Crippen LogP contribution in [0.15, 0.2) is 30.9 Å². The number of benzene rings is 1. The number of rotatable bonds is 3. The Morgan fingerprint density at radius 2 is 2.08 bits per heavy atom. The summed E-state index contributed by atoms with van der Waals surface area (Å²) in [5.41, 5.74) is 0.416. The van der Waals surface area contributed by atoms with E-state index in [1.54, 1.807) is 6.08 Å². The summed E-state index contributed by atoms with van der Waals surface area (Å²) < 4.78 is 10.8. The highest BCUT2D eigenvalue weighted by Crippen LogP contribution is 2.62. The first-order valence-electron chi connectivity index (χ1n) is 8.39. The smallest absolute Gasteiger partial charge is 0.231 e. The maximum absolute atomic E-state index is 12.4. The van der Waals surface area contributed by atoms with Crippen LogP contribution < -0.4 is 9.47 Å². The summed E-state index contributed by atoms with van der Waals surface area (Å²) >= 11 is 0. The average Bonchev–Trinajstić information content (AvgIpc) is 3.08. The van der Waals surface area contributed by atoms with Gasteiger partial charge in [-0.2, -0.15) is 0 Å². The second-order valence-corrected chi connectivity index (χ2v) is 7.26. The zero-order chi connectivity index (χ0) is 17.1. The Morgan fingerprint density at radius 1 is 1.33 bits per heavy atom. The predicted molar refractivity (Wildman–Crippen MR) is 86.8 cm³/mol. The van der Waals surface area contributed by atoms with Crippen LogP contribution >= 0.6 is 0 Å². The van der Waals surface area contributed by atoms with E-state index in [1.165, 1.54) is 0 Å². The van der Waals surface area contributed by atoms with Crippen molar-refractivity contribution in [3.63, 3.8) is 0 Å². The molecule has 4 rings (SSSR count). The Morgan fingerprint density at radius 3 is 2.83 bits per heavy atom. The van der Waals surface area contributed by atoms with E-state index in [1.807, 2.05) is 18.2 Å². The maximum atomic E-state index is 12.4. The van der Waals surface area contributed by atoms with Gasteiger partial charge in [0.25, 0.3) is 0 Å². The molecule has 0 radical (unpaired) electrons. The number of carbonyl (C=O) groups excluding carboxylic acids is 1. The molecule has 1 aliphatic heterocycles. The van der Waals surface area contributed by atoms with E-state index < -0.39 is 23.5 Å². The van der Waals surface area contributed by atoms with Gasteiger partial charge < -0.3 is 19.7 Å². The summed E-state index contributed by atoms with van der Waals surface area (Å²) in [6, 6.07) is 5.71. The topological polar surface area (TPSA) is 76.0 Å². The standard InChI is InChI=1S/C19H22O5/c1-3-6-19-8-12(20)17(21)16(18(19)22)15(10(19)2)11-4-5-13-14(7-11)24-9-23-13/h3-5,7,10,15-18,21-22H,1,6,8-9H2,2H3/t10-,15+,16-,17-,18-,19-/m1/s1. The number of allylic oxidation sites excluding steroid dienone is 1. The molecule has 1 heterocycles. The first-order chi connectivity index (χ1) is 11.5. The zero-order valence-corrected chi connectivity index (χ0v) is 13.6. The molecular weight excluding hydrogens is 308 g/mol. The van der Waals surface area contributed by atoms with Gasteiger partial charge in [-0.3, -0.25) is 4.79 Å². The van der Waals surface area contributed by atoms with Gasteiger partial charge in [0.1, 0.15) is 6.10 Å². The number of carbonyl (C=O) groups is 1. The van der Waals surface area contributed by atoms with E-state index in [9.17, 15) is 15.0 Å². The minimum absolute atomic E-state index is 0.0389. The molecule has 1 aromatic rings. The molecule has 5 nitrogen and oxygen atoms in total. The highest BCUT2D eigenvalue weighted by molar-refractivity contribution is 5.86. The molecule has 6 atom stereocenters. The van der Waals surface area contributed by atoms with Crippen molar-refractivity contribution < 1.29 is 24.5 Å². The molecule has 3 aliphatic rings. The summed E-state index contributed by atoms with van der Waals surface area (Å²) in [6.07, 6.45) is 0.668. The van der Waals surface area contributed by atoms with Gasteiger partial charge in [0.2, 0.25) is 6.79 Å². The van der Waals surface area contributed by atoms with Gasteiger partial charge in [-0.05, 0) is 36.0 Å². The zero-order valence-electron chi connectivity index (χ0n) is 13.6. The lowest BCUT2D eigenvalue weighted by atomic mass is 9.66. The van der Waals surface area contributed by atoms with Crippen LogP contribution in [0.2, 0.25) is 0 Å². The lowest BCUT2D eigenvalue weighted by Crippen LogP contribution is -2.49. The SMILES string of the molecule is C=CC[C@@]12CC(=O)[C@@H](O)[C@@H]([C@H](c3ccc4c(c3)OCO4)[C@H]1C)[C@H]2O. The van der Waals surface area contributed by atoms with E-state index in [0.29, 0.717) is 17.9 Å². The Kier molecular flexibility index (Phi) is 3.48. The normalized spacial score (nSPS) is 40.0. The molecular formula is C19H22O5. The van der Waals surface area contributed by atoms with Crippen molar-refractivity contribution in [2.45, 2.75) is 37.9 Å². The number of aliphatic hydroxyl groups excluding tert-OH is 2. The number of ether oxygens (including phenoxy) is 2. The van der Waals surface area contributed by atoms with E-state index in [2.05, 4.69) is 13.5 Å². The highest BCUT2D eigenvalue weighted by Gasteiger charge is 2.64. The highest BCUT2D eigenvalue weighted by atomic mass is 16.7. The molecule has 0 saturated heterocycles. The Bertz CT molecular complexity index is 699. The quantitative estimate of drug-likeness (QED) is 0.829. The van der Waals surface area contributed by atoms with Crippen LogP contribution in [-0.2, 0) is 4.79 Å². The summed E-state index contributed by atoms with van der Waals surface area (Å²) in [6.45, 7) is 6.07. The van der Waals surface area contributed by atoms with Crippen LogP contribution in [-0.4, -0.2) is 35.0 Å². The average molecular weight is 330 g/mol. The largest absolute Gasteiger partial charge is 0.454 e. The number of hydrogen-bond donors (Lipinski definition) is 2. The molecule has 2 aliphatic carbocycles. The molecule has 0 unspecified atom stereocenters. The number of ketones is 1. The lowest BCUT2D eigenvalue weighted by Gasteiger charge is -2.40. The summed E-state index contributed by atoms with van der Waals surface area (Å²) in [5, 5.41) is 21.4. The van der Waals surface area contributed by atoms with Gasteiger partial charge in [-0.25, -0.2) is 0 Å². The van der Waals surface area contributed by atoms with Crippen LogP contribution in [0.4, 0.5) is 0 Å². The first kappa shape index (κ1) is 15.7. The van der Waals surface area contributed by atoms with Crippen LogP contribution in [0.1, 0.15) is 31.2 Å². The molecule has 5 heteroatoms. The van der Waals surface area contributed by atoms with E-state index >= 15 is 0 Å². The van der Waals surface area contributed by atoms with Crippen LogP contribution in [0.25, 0.3) is 0 Å². The number of Topliss-reactive ketones (excluding diaryl/α,β-unsaturated/α-hetero) is 1. The molecule has 0 aromatic heterocycles. The number of aliphatic hydroxyl groups is 2. The summed E-state index contributed by atoms with van der Waals surface area (Å²) in [7, 11) is 0. The Labute approximate surface area is 140 Å². The molecule has 2 bridgehead atoms. The fourth-order valence-electron chi connectivity index (χ4n) is 5.10. The van der Waals surface area contributed by atoms with Crippen molar-refractivity contribution in [2.24, 2.45) is 17.3 Å². The Hall–Kier alpha value is -1.85.